The van der Waals surface area contributed by atoms with Gasteiger partial charge in [0.1, 0.15) is 12.2 Å². The lowest BCUT2D eigenvalue weighted by molar-refractivity contribution is -0.0882. The summed E-state index contributed by atoms with van der Waals surface area (Å²) >= 11 is 6.62. The van der Waals surface area contributed by atoms with E-state index in [2.05, 4.69) is 31.9 Å². The molecule has 2 heterocycles. The third-order valence-electron chi connectivity index (χ3n) is 2.21. The fourth-order valence-corrected chi connectivity index (χ4v) is 2.18. The average molecular weight is 332 g/mol. The zero-order valence-electron chi connectivity index (χ0n) is 7.53. The molecule has 6 heteroatoms. The van der Waals surface area contributed by atoms with E-state index >= 15 is 0 Å². The van der Waals surface area contributed by atoms with Crippen molar-refractivity contribution in [3.8, 4) is 0 Å². The molecule has 0 aliphatic carbocycles. The average Bonchev–Trinajstić information content (AvgIpc) is 2.86. The SMILES string of the molecule is BrC[C@@H]1OC[C@H]([C@H]2CO[C@H](CBr)O2)O1. The van der Waals surface area contributed by atoms with Crippen LogP contribution < -0.4 is 0 Å². The molecule has 14 heavy (non-hydrogen) atoms. The van der Waals surface area contributed by atoms with Gasteiger partial charge in [-0.2, -0.15) is 0 Å². The Kier molecular flexibility index (Phi) is 4.21. The van der Waals surface area contributed by atoms with Crippen LogP contribution in [0.1, 0.15) is 0 Å². The Balaban J connectivity index is 1.80. The van der Waals surface area contributed by atoms with Crippen molar-refractivity contribution < 1.29 is 18.9 Å². The number of ether oxygens (including phenoxy) is 4. The van der Waals surface area contributed by atoms with Crippen LogP contribution in [-0.4, -0.2) is 48.7 Å². The van der Waals surface area contributed by atoms with Gasteiger partial charge >= 0.3 is 0 Å². The van der Waals surface area contributed by atoms with E-state index in [1.54, 1.807) is 0 Å². The second-order valence-electron chi connectivity index (χ2n) is 3.18. The maximum atomic E-state index is 5.60. The van der Waals surface area contributed by atoms with Gasteiger partial charge in [0.05, 0.1) is 23.9 Å². The van der Waals surface area contributed by atoms with Crippen molar-refractivity contribution in [2.75, 3.05) is 23.9 Å². The Labute approximate surface area is 99.5 Å². The minimum Gasteiger partial charge on any atom is -0.349 e. The van der Waals surface area contributed by atoms with Gasteiger partial charge in [0.25, 0.3) is 0 Å². The van der Waals surface area contributed by atoms with Gasteiger partial charge in [-0.25, -0.2) is 0 Å². The van der Waals surface area contributed by atoms with Gasteiger partial charge < -0.3 is 18.9 Å². The largest absolute Gasteiger partial charge is 0.349 e. The molecule has 0 aromatic carbocycles. The molecule has 2 fully saturated rings. The van der Waals surface area contributed by atoms with E-state index in [1.807, 2.05) is 0 Å². The molecule has 2 aliphatic rings. The van der Waals surface area contributed by atoms with Crippen molar-refractivity contribution in [2.45, 2.75) is 24.8 Å². The standard InChI is InChI=1S/C8H12Br2O4/c9-1-7-11-3-5(13-7)6-4-12-8(2-10)14-6/h5-8H,1-4H2/t5-,6-,7-,8+/m1/s1. The smallest absolute Gasteiger partial charge is 0.167 e. The normalized spacial score (nSPS) is 43.3. The highest BCUT2D eigenvalue weighted by Gasteiger charge is 2.37. The molecule has 0 saturated carbocycles. The van der Waals surface area contributed by atoms with Crippen LogP contribution >= 0.6 is 31.9 Å². The Morgan fingerprint density at radius 2 is 1.29 bits per heavy atom. The quantitative estimate of drug-likeness (QED) is 0.730. The third kappa shape index (κ3) is 2.48. The number of halogens is 2. The molecule has 0 N–H and O–H groups in total. The van der Waals surface area contributed by atoms with Crippen molar-refractivity contribution in [1.82, 2.24) is 0 Å². The van der Waals surface area contributed by atoms with Gasteiger partial charge in [-0.15, -0.1) is 0 Å². The van der Waals surface area contributed by atoms with Crippen LogP contribution in [0.25, 0.3) is 0 Å². The summed E-state index contributed by atoms with van der Waals surface area (Å²) in [5, 5.41) is 1.39. The Hall–Kier alpha value is 0.800. The Morgan fingerprint density at radius 3 is 1.57 bits per heavy atom. The molecule has 2 rings (SSSR count). The predicted octanol–water partition coefficient (Wildman–Crippen LogP) is 1.26. The van der Waals surface area contributed by atoms with Crippen LogP contribution in [0.4, 0.5) is 0 Å². The molecule has 2 saturated heterocycles. The maximum Gasteiger partial charge on any atom is 0.167 e. The van der Waals surface area contributed by atoms with Gasteiger partial charge in [0.15, 0.2) is 12.6 Å². The summed E-state index contributed by atoms with van der Waals surface area (Å²) in [6, 6.07) is 0. The van der Waals surface area contributed by atoms with Gasteiger partial charge in [-0.3, -0.25) is 0 Å². The first-order valence-corrected chi connectivity index (χ1v) is 6.74. The fourth-order valence-electron chi connectivity index (χ4n) is 1.50. The summed E-state index contributed by atoms with van der Waals surface area (Å²) in [7, 11) is 0. The summed E-state index contributed by atoms with van der Waals surface area (Å²) in [6.45, 7) is 1.17. The van der Waals surface area contributed by atoms with E-state index < -0.39 is 0 Å². The Bertz CT molecular complexity index is 172. The van der Waals surface area contributed by atoms with Crippen molar-refractivity contribution >= 4 is 31.9 Å². The number of alkyl halides is 2. The van der Waals surface area contributed by atoms with E-state index in [0.29, 0.717) is 23.9 Å². The summed E-state index contributed by atoms with van der Waals surface area (Å²) < 4.78 is 22.0. The summed E-state index contributed by atoms with van der Waals surface area (Å²) in [6.07, 6.45) is -0.290. The number of hydrogen-bond acceptors (Lipinski definition) is 4. The number of rotatable bonds is 3. The van der Waals surface area contributed by atoms with Crippen LogP contribution in [0.3, 0.4) is 0 Å². The fraction of sp³-hybridized carbons (Fsp3) is 1.00. The predicted molar refractivity (Wildman–Crippen MR) is 56.8 cm³/mol. The molecule has 4 nitrogen and oxygen atoms in total. The lowest BCUT2D eigenvalue weighted by Gasteiger charge is -2.15. The topological polar surface area (TPSA) is 36.9 Å². The van der Waals surface area contributed by atoms with Gasteiger partial charge in [0.2, 0.25) is 0 Å². The maximum absolute atomic E-state index is 5.60. The highest BCUT2D eigenvalue weighted by Crippen LogP contribution is 2.23. The van der Waals surface area contributed by atoms with Crippen LogP contribution in [0, 0.1) is 0 Å². The van der Waals surface area contributed by atoms with E-state index in [9.17, 15) is 0 Å². The van der Waals surface area contributed by atoms with Crippen LogP contribution in [-0.2, 0) is 18.9 Å². The molecule has 0 amide bonds. The summed E-state index contributed by atoms with van der Waals surface area (Å²) in [5.74, 6) is 0. The molecule has 2 aliphatic heterocycles. The van der Waals surface area contributed by atoms with E-state index in [4.69, 9.17) is 18.9 Å². The van der Waals surface area contributed by atoms with E-state index in [-0.39, 0.29) is 24.8 Å². The first-order valence-electron chi connectivity index (χ1n) is 4.49. The number of hydrogen-bond donors (Lipinski definition) is 0. The molecule has 82 valence electrons. The van der Waals surface area contributed by atoms with Gasteiger partial charge in [0, 0.05) is 0 Å². The second kappa shape index (κ2) is 5.23. The second-order valence-corrected chi connectivity index (χ2v) is 4.48. The summed E-state index contributed by atoms with van der Waals surface area (Å²) in [5.41, 5.74) is 0. The lowest BCUT2D eigenvalue weighted by Crippen LogP contribution is -2.31. The van der Waals surface area contributed by atoms with Crippen LogP contribution in [0.15, 0.2) is 0 Å². The zero-order chi connectivity index (χ0) is 9.97. The minimum atomic E-state index is -0.147. The van der Waals surface area contributed by atoms with Crippen molar-refractivity contribution in [1.29, 1.82) is 0 Å². The molecular weight excluding hydrogens is 320 g/mol. The molecule has 0 bridgehead atoms. The first-order chi connectivity index (χ1) is 6.83. The van der Waals surface area contributed by atoms with Crippen molar-refractivity contribution in [3.05, 3.63) is 0 Å². The van der Waals surface area contributed by atoms with Crippen molar-refractivity contribution in [3.63, 3.8) is 0 Å². The lowest BCUT2D eigenvalue weighted by atomic mass is 10.2. The molecule has 4 atom stereocenters. The molecule has 0 spiro atoms. The molecule has 0 unspecified atom stereocenters. The highest BCUT2D eigenvalue weighted by molar-refractivity contribution is 9.09. The molecule has 0 radical (unpaired) electrons. The van der Waals surface area contributed by atoms with Crippen molar-refractivity contribution in [2.24, 2.45) is 0 Å². The third-order valence-corrected chi connectivity index (χ3v) is 3.27. The molecule has 0 aromatic rings. The monoisotopic (exact) mass is 330 g/mol. The minimum absolute atomic E-state index is 0.00148. The highest BCUT2D eigenvalue weighted by atomic mass is 79.9. The van der Waals surface area contributed by atoms with Crippen LogP contribution in [0.5, 0.6) is 0 Å². The molecule has 0 aromatic heterocycles. The van der Waals surface area contributed by atoms with Crippen LogP contribution in [0.2, 0.25) is 0 Å². The Morgan fingerprint density at radius 1 is 0.857 bits per heavy atom. The first kappa shape index (κ1) is 11.3. The van der Waals surface area contributed by atoms with Gasteiger partial charge in [-0.05, 0) is 0 Å². The van der Waals surface area contributed by atoms with E-state index in [0.717, 1.165) is 0 Å². The summed E-state index contributed by atoms with van der Waals surface area (Å²) in [4.78, 5) is 0. The van der Waals surface area contributed by atoms with E-state index in [1.165, 1.54) is 0 Å². The van der Waals surface area contributed by atoms with Gasteiger partial charge in [-0.1, -0.05) is 31.9 Å². The zero-order valence-corrected chi connectivity index (χ0v) is 10.7. The molecular formula is C8H12Br2O4.